The number of hydrogen-bond donors (Lipinski definition) is 2. The second kappa shape index (κ2) is 7.57. The van der Waals surface area contributed by atoms with Gasteiger partial charge < -0.3 is 10.4 Å². The fourth-order valence-corrected chi connectivity index (χ4v) is 2.61. The number of unbranched alkanes of at least 4 members (excludes halogenated alkanes) is 1. The predicted molar refractivity (Wildman–Crippen MR) is 75.2 cm³/mol. The number of likely N-dealkylation sites (N-methyl/N-ethyl adjacent to an activating group) is 1. The molecule has 2 nitrogen and oxygen atoms in total. The zero-order chi connectivity index (χ0) is 12.7. The van der Waals surface area contributed by atoms with Crippen LogP contribution in [0.3, 0.4) is 0 Å². The highest BCUT2D eigenvalue weighted by molar-refractivity contribution is 8.00. The zero-order valence-corrected chi connectivity index (χ0v) is 12.4. The summed E-state index contributed by atoms with van der Waals surface area (Å²) < 4.78 is 0.377. The number of aliphatic hydroxyl groups excluding tert-OH is 1. The minimum atomic E-state index is -0.0822. The van der Waals surface area contributed by atoms with Crippen molar-refractivity contribution in [1.82, 2.24) is 5.32 Å². The van der Waals surface area contributed by atoms with Gasteiger partial charge in [-0.25, -0.2) is 0 Å². The maximum Gasteiger partial charge on any atom is 0.0610 e. The summed E-state index contributed by atoms with van der Waals surface area (Å²) in [7, 11) is 0. The molecule has 0 aromatic rings. The molecular formula is C13H29NOS. The van der Waals surface area contributed by atoms with Crippen LogP contribution in [0.1, 0.15) is 53.9 Å². The van der Waals surface area contributed by atoms with Gasteiger partial charge in [-0.05, 0) is 32.1 Å². The molecule has 98 valence electrons. The molecule has 0 spiro atoms. The molecular weight excluding hydrogens is 218 g/mol. The van der Waals surface area contributed by atoms with Crippen LogP contribution in [-0.4, -0.2) is 34.3 Å². The van der Waals surface area contributed by atoms with Gasteiger partial charge in [0, 0.05) is 10.3 Å². The van der Waals surface area contributed by atoms with E-state index in [1.165, 1.54) is 18.6 Å². The topological polar surface area (TPSA) is 32.3 Å². The summed E-state index contributed by atoms with van der Waals surface area (Å²) in [4.78, 5) is 0. The monoisotopic (exact) mass is 247 g/mol. The van der Waals surface area contributed by atoms with Crippen LogP contribution in [-0.2, 0) is 0 Å². The van der Waals surface area contributed by atoms with Gasteiger partial charge in [0.05, 0.1) is 6.61 Å². The molecule has 0 aromatic carbocycles. The third-order valence-electron chi connectivity index (χ3n) is 2.61. The summed E-state index contributed by atoms with van der Waals surface area (Å²) in [5.74, 6) is 1.22. The van der Waals surface area contributed by atoms with E-state index in [1.54, 1.807) is 0 Å². The summed E-state index contributed by atoms with van der Waals surface area (Å²) in [6.45, 7) is 12.1. The van der Waals surface area contributed by atoms with E-state index in [4.69, 9.17) is 0 Å². The molecule has 1 unspecified atom stereocenters. The molecule has 0 fully saturated rings. The summed E-state index contributed by atoms with van der Waals surface area (Å²) in [5, 5.41) is 12.7. The van der Waals surface area contributed by atoms with Crippen molar-refractivity contribution >= 4 is 11.8 Å². The maximum atomic E-state index is 9.33. The van der Waals surface area contributed by atoms with Crippen LogP contribution in [0.5, 0.6) is 0 Å². The van der Waals surface area contributed by atoms with Crippen LogP contribution in [0, 0.1) is 0 Å². The number of nitrogens with one attached hydrogen (secondary N) is 1. The molecule has 0 aromatic heterocycles. The molecule has 16 heavy (non-hydrogen) atoms. The van der Waals surface area contributed by atoms with E-state index >= 15 is 0 Å². The largest absolute Gasteiger partial charge is 0.394 e. The minimum Gasteiger partial charge on any atom is -0.394 e. The standard InChI is InChI=1S/C13H29NOS/c1-6-14-13(5,11-15)9-7-8-10-16-12(2,3)4/h14-15H,6-11H2,1-5H3. The average molecular weight is 247 g/mol. The summed E-state index contributed by atoms with van der Waals surface area (Å²) in [6, 6.07) is 0. The molecule has 0 saturated heterocycles. The van der Waals surface area contributed by atoms with Gasteiger partial charge in [-0.2, -0.15) is 11.8 Å². The van der Waals surface area contributed by atoms with Crippen molar-refractivity contribution in [2.24, 2.45) is 0 Å². The van der Waals surface area contributed by atoms with Crippen LogP contribution >= 0.6 is 11.8 Å². The third-order valence-corrected chi connectivity index (χ3v) is 3.97. The van der Waals surface area contributed by atoms with E-state index in [1.807, 2.05) is 11.8 Å². The van der Waals surface area contributed by atoms with E-state index in [9.17, 15) is 5.11 Å². The normalized spacial score (nSPS) is 16.1. The van der Waals surface area contributed by atoms with Gasteiger partial charge in [0.1, 0.15) is 0 Å². The van der Waals surface area contributed by atoms with Crippen LogP contribution in [0.25, 0.3) is 0 Å². The average Bonchev–Trinajstić information content (AvgIpc) is 2.16. The number of aliphatic hydroxyl groups is 1. The Bertz CT molecular complexity index is 179. The number of thioether (sulfide) groups is 1. The lowest BCUT2D eigenvalue weighted by Gasteiger charge is -2.28. The van der Waals surface area contributed by atoms with Gasteiger partial charge in [-0.1, -0.05) is 34.1 Å². The van der Waals surface area contributed by atoms with Crippen molar-refractivity contribution in [3.05, 3.63) is 0 Å². The van der Waals surface area contributed by atoms with Gasteiger partial charge in [-0.15, -0.1) is 0 Å². The van der Waals surface area contributed by atoms with Gasteiger partial charge in [0.15, 0.2) is 0 Å². The zero-order valence-electron chi connectivity index (χ0n) is 11.6. The molecule has 0 rings (SSSR count). The van der Waals surface area contributed by atoms with Crippen LogP contribution < -0.4 is 5.32 Å². The fraction of sp³-hybridized carbons (Fsp3) is 1.00. The van der Waals surface area contributed by atoms with Crippen LogP contribution in [0.15, 0.2) is 0 Å². The second-order valence-electron chi connectivity index (χ2n) is 5.67. The highest BCUT2D eigenvalue weighted by Crippen LogP contribution is 2.25. The van der Waals surface area contributed by atoms with Crippen molar-refractivity contribution < 1.29 is 5.11 Å². The highest BCUT2D eigenvalue weighted by Gasteiger charge is 2.20. The van der Waals surface area contributed by atoms with Crippen molar-refractivity contribution in [2.75, 3.05) is 18.9 Å². The van der Waals surface area contributed by atoms with Gasteiger partial charge in [0.25, 0.3) is 0 Å². The molecule has 0 aliphatic carbocycles. The molecule has 0 saturated carbocycles. The fourth-order valence-electron chi connectivity index (χ4n) is 1.65. The Kier molecular flexibility index (Phi) is 7.70. The summed E-state index contributed by atoms with van der Waals surface area (Å²) >= 11 is 2.02. The van der Waals surface area contributed by atoms with Gasteiger partial charge in [-0.3, -0.25) is 0 Å². The second-order valence-corrected chi connectivity index (χ2v) is 7.59. The number of rotatable bonds is 8. The molecule has 0 aliphatic heterocycles. The van der Waals surface area contributed by atoms with E-state index in [0.717, 1.165) is 13.0 Å². The van der Waals surface area contributed by atoms with Crippen molar-refractivity contribution in [1.29, 1.82) is 0 Å². The minimum absolute atomic E-state index is 0.0822. The van der Waals surface area contributed by atoms with E-state index in [-0.39, 0.29) is 12.1 Å². The molecule has 0 heterocycles. The molecule has 1 atom stereocenters. The first-order valence-corrected chi connectivity index (χ1v) is 7.31. The Morgan fingerprint density at radius 2 is 1.75 bits per heavy atom. The molecule has 3 heteroatoms. The Labute approximate surface area is 106 Å². The lowest BCUT2D eigenvalue weighted by molar-refractivity contribution is 0.165. The predicted octanol–water partition coefficient (Wildman–Crippen LogP) is 3.05. The van der Waals surface area contributed by atoms with Gasteiger partial charge in [0.2, 0.25) is 0 Å². The lowest BCUT2D eigenvalue weighted by atomic mass is 9.96. The molecule has 0 amide bonds. The Morgan fingerprint density at radius 3 is 2.19 bits per heavy atom. The quantitative estimate of drug-likeness (QED) is 0.647. The first-order chi connectivity index (χ1) is 7.33. The first kappa shape index (κ1) is 16.3. The smallest absolute Gasteiger partial charge is 0.0610 e. The van der Waals surface area contributed by atoms with E-state index < -0.39 is 0 Å². The van der Waals surface area contributed by atoms with E-state index in [2.05, 4.69) is 39.9 Å². The van der Waals surface area contributed by atoms with Crippen molar-refractivity contribution in [2.45, 2.75) is 64.2 Å². The summed E-state index contributed by atoms with van der Waals surface area (Å²) in [5.41, 5.74) is -0.0822. The van der Waals surface area contributed by atoms with E-state index in [0.29, 0.717) is 4.75 Å². The number of hydrogen-bond acceptors (Lipinski definition) is 3. The molecule has 0 aliphatic rings. The molecule has 0 radical (unpaired) electrons. The van der Waals surface area contributed by atoms with Crippen LogP contribution in [0.4, 0.5) is 0 Å². The summed E-state index contributed by atoms with van der Waals surface area (Å²) in [6.07, 6.45) is 3.48. The highest BCUT2D eigenvalue weighted by atomic mass is 32.2. The maximum absolute atomic E-state index is 9.33. The Hall–Kier alpha value is 0.270. The SMILES string of the molecule is CCNC(C)(CO)CCCCSC(C)(C)C. The third kappa shape index (κ3) is 8.43. The molecule has 2 N–H and O–H groups in total. The Balaban J connectivity index is 3.64. The molecule has 0 bridgehead atoms. The lowest BCUT2D eigenvalue weighted by Crippen LogP contribution is -2.45. The van der Waals surface area contributed by atoms with Crippen LogP contribution in [0.2, 0.25) is 0 Å². The Morgan fingerprint density at radius 1 is 1.12 bits per heavy atom. The van der Waals surface area contributed by atoms with Crippen molar-refractivity contribution in [3.8, 4) is 0 Å². The van der Waals surface area contributed by atoms with Gasteiger partial charge >= 0.3 is 0 Å². The first-order valence-electron chi connectivity index (χ1n) is 6.33. The van der Waals surface area contributed by atoms with Crippen molar-refractivity contribution in [3.63, 3.8) is 0 Å².